The fourth-order valence-electron chi connectivity index (χ4n) is 3.67. The number of aromatic nitrogens is 3. The molecule has 1 aliphatic heterocycles. The van der Waals surface area contributed by atoms with Crippen LogP contribution in [0.15, 0.2) is 59.4 Å². The molecule has 0 atom stereocenters. The zero-order valence-corrected chi connectivity index (χ0v) is 16.9. The Morgan fingerprint density at radius 2 is 1.83 bits per heavy atom. The van der Waals surface area contributed by atoms with Crippen molar-refractivity contribution < 1.29 is 9.53 Å². The highest BCUT2D eigenvalue weighted by Gasteiger charge is 2.17. The second kappa shape index (κ2) is 9.43. The van der Waals surface area contributed by atoms with Crippen LogP contribution in [0.2, 0.25) is 0 Å². The van der Waals surface area contributed by atoms with Crippen molar-refractivity contribution in [2.24, 2.45) is 0 Å². The van der Waals surface area contributed by atoms with Crippen LogP contribution in [0.25, 0.3) is 0 Å². The lowest BCUT2D eigenvalue weighted by atomic mass is 10.2. The molecule has 4 rings (SSSR count). The third-order valence-electron chi connectivity index (χ3n) is 5.23. The molecule has 1 aliphatic rings. The van der Waals surface area contributed by atoms with Crippen LogP contribution < -0.4 is 15.7 Å². The molecule has 0 unspecified atom stereocenters. The SMILES string of the molecule is O=C(Cn1nc2n(c1=O)CCCCC2)Nc1ccccc1OCCc1ccccc1. The van der Waals surface area contributed by atoms with Crippen LogP contribution >= 0.6 is 0 Å². The summed E-state index contributed by atoms with van der Waals surface area (Å²) in [7, 11) is 0. The predicted octanol–water partition coefficient (Wildman–Crippen LogP) is 3.03. The number of rotatable bonds is 7. The first kappa shape index (κ1) is 19.9. The van der Waals surface area contributed by atoms with Crippen LogP contribution in [-0.2, 0) is 30.7 Å². The summed E-state index contributed by atoms with van der Waals surface area (Å²) >= 11 is 0. The molecule has 3 aromatic rings. The Balaban J connectivity index is 1.38. The Bertz CT molecular complexity index is 1060. The first-order valence-electron chi connectivity index (χ1n) is 10.4. The van der Waals surface area contributed by atoms with Crippen LogP contribution in [0.4, 0.5) is 5.69 Å². The van der Waals surface area contributed by atoms with Gasteiger partial charge in [0.25, 0.3) is 0 Å². The number of benzene rings is 2. The van der Waals surface area contributed by atoms with E-state index >= 15 is 0 Å². The summed E-state index contributed by atoms with van der Waals surface area (Å²) in [4.78, 5) is 25.1. The van der Waals surface area contributed by atoms with Crippen molar-refractivity contribution in [3.63, 3.8) is 0 Å². The number of nitrogens with zero attached hydrogens (tertiary/aromatic N) is 3. The lowest BCUT2D eigenvalue weighted by Gasteiger charge is -2.12. The molecule has 1 amide bonds. The Labute approximate surface area is 175 Å². The summed E-state index contributed by atoms with van der Waals surface area (Å²) < 4.78 is 8.85. The molecule has 7 nitrogen and oxygen atoms in total. The number of nitrogens with one attached hydrogen (secondary N) is 1. The smallest absolute Gasteiger partial charge is 0.346 e. The number of hydrogen-bond acceptors (Lipinski definition) is 4. The van der Waals surface area contributed by atoms with Gasteiger partial charge in [-0.1, -0.05) is 48.9 Å². The Morgan fingerprint density at radius 3 is 2.70 bits per heavy atom. The minimum atomic E-state index is -0.301. The number of para-hydroxylation sites is 2. The van der Waals surface area contributed by atoms with E-state index in [4.69, 9.17) is 4.74 Å². The highest BCUT2D eigenvalue weighted by molar-refractivity contribution is 5.92. The van der Waals surface area contributed by atoms with Crippen LogP contribution in [0, 0.1) is 0 Å². The Kier molecular flexibility index (Phi) is 6.27. The minimum absolute atomic E-state index is 0.114. The maximum Gasteiger partial charge on any atom is 0.346 e. The molecule has 30 heavy (non-hydrogen) atoms. The van der Waals surface area contributed by atoms with Crippen molar-refractivity contribution in [3.8, 4) is 5.75 Å². The predicted molar refractivity (Wildman–Crippen MR) is 115 cm³/mol. The van der Waals surface area contributed by atoms with E-state index in [9.17, 15) is 9.59 Å². The van der Waals surface area contributed by atoms with Gasteiger partial charge >= 0.3 is 5.69 Å². The van der Waals surface area contributed by atoms with E-state index in [1.807, 2.05) is 36.4 Å². The van der Waals surface area contributed by atoms with Gasteiger partial charge in [-0.05, 0) is 30.5 Å². The van der Waals surface area contributed by atoms with Crippen molar-refractivity contribution in [3.05, 3.63) is 76.5 Å². The molecule has 0 aliphatic carbocycles. The van der Waals surface area contributed by atoms with Crippen molar-refractivity contribution in [1.29, 1.82) is 0 Å². The maximum atomic E-state index is 12.6. The molecule has 1 aromatic heterocycles. The van der Waals surface area contributed by atoms with Gasteiger partial charge in [0.15, 0.2) is 0 Å². The summed E-state index contributed by atoms with van der Waals surface area (Å²) in [5, 5.41) is 7.23. The van der Waals surface area contributed by atoms with Gasteiger partial charge in [-0.25, -0.2) is 9.48 Å². The van der Waals surface area contributed by atoms with E-state index < -0.39 is 0 Å². The second-order valence-corrected chi connectivity index (χ2v) is 7.45. The third kappa shape index (κ3) is 4.79. The van der Waals surface area contributed by atoms with Gasteiger partial charge in [0.1, 0.15) is 18.1 Å². The van der Waals surface area contributed by atoms with Crippen molar-refractivity contribution in [2.45, 2.75) is 45.2 Å². The molecule has 0 fully saturated rings. The largest absolute Gasteiger partial charge is 0.491 e. The quantitative estimate of drug-likeness (QED) is 0.654. The number of anilines is 1. The first-order valence-corrected chi connectivity index (χ1v) is 10.4. The van der Waals surface area contributed by atoms with E-state index in [2.05, 4.69) is 22.5 Å². The molecular weight excluding hydrogens is 380 g/mol. The molecule has 2 heterocycles. The minimum Gasteiger partial charge on any atom is -0.491 e. The first-order chi connectivity index (χ1) is 14.7. The fraction of sp³-hybridized carbons (Fsp3) is 0.348. The molecule has 2 aromatic carbocycles. The van der Waals surface area contributed by atoms with Crippen LogP contribution in [0.3, 0.4) is 0 Å². The van der Waals surface area contributed by atoms with Gasteiger partial charge in [0.2, 0.25) is 5.91 Å². The van der Waals surface area contributed by atoms with Crippen molar-refractivity contribution in [1.82, 2.24) is 14.3 Å². The molecule has 0 spiro atoms. The second-order valence-electron chi connectivity index (χ2n) is 7.45. The fourth-order valence-corrected chi connectivity index (χ4v) is 3.67. The number of ether oxygens (including phenoxy) is 1. The third-order valence-corrected chi connectivity index (χ3v) is 5.23. The lowest BCUT2D eigenvalue weighted by molar-refractivity contribution is -0.117. The summed E-state index contributed by atoms with van der Waals surface area (Å²) in [5.41, 5.74) is 1.57. The van der Waals surface area contributed by atoms with E-state index in [1.165, 1.54) is 10.2 Å². The molecule has 0 bridgehead atoms. The van der Waals surface area contributed by atoms with Crippen LogP contribution in [-0.4, -0.2) is 26.9 Å². The van der Waals surface area contributed by atoms with Crippen molar-refractivity contribution >= 4 is 11.6 Å². The number of amides is 1. The highest BCUT2D eigenvalue weighted by atomic mass is 16.5. The van der Waals surface area contributed by atoms with Gasteiger partial charge in [-0.2, -0.15) is 5.10 Å². The molecule has 1 N–H and O–H groups in total. The van der Waals surface area contributed by atoms with Crippen molar-refractivity contribution in [2.75, 3.05) is 11.9 Å². The number of fused-ring (bicyclic) bond motifs is 1. The average molecular weight is 406 g/mol. The van der Waals surface area contributed by atoms with E-state index in [1.54, 1.807) is 10.6 Å². The molecule has 0 radical (unpaired) electrons. The summed E-state index contributed by atoms with van der Waals surface area (Å²) in [6.07, 6.45) is 4.65. The van der Waals surface area contributed by atoms with Crippen LogP contribution in [0.5, 0.6) is 5.75 Å². The normalized spacial score (nSPS) is 13.3. The maximum absolute atomic E-state index is 12.6. The summed E-state index contributed by atoms with van der Waals surface area (Å²) in [5.74, 6) is 1.08. The van der Waals surface area contributed by atoms with Crippen LogP contribution in [0.1, 0.15) is 30.7 Å². The standard InChI is InChI=1S/C23H26N4O3/c28-22(17-27-23(29)26-15-8-2-5-13-21(26)25-27)24-19-11-6-7-12-20(19)30-16-14-18-9-3-1-4-10-18/h1,3-4,6-7,9-12H,2,5,8,13-17H2,(H,24,28). The van der Waals surface area contributed by atoms with E-state index in [0.29, 0.717) is 24.6 Å². The Morgan fingerprint density at radius 1 is 1.03 bits per heavy atom. The summed E-state index contributed by atoms with van der Waals surface area (Å²) in [6, 6.07) is 17.4. The molecule has 0 saturated carbocycles. The monoisotopic (exact) mass is 406 g/mol. The molecular formula is C23H26N4O3. The molecule has 0 saturated heterocycles. The topological polar surface area (TPSA) is 78.2 Å². The number of hydrogen-bond donors (Lipinski definition) is 1. The van der Waals surface area contributed by atoms with Gasteiger partial charge in [0, 0.05) is 19.4 Å². The Hall–Kier alpha value is -3.35. The number of carbonyl (C=O) groups is 1. The highest BCUT2D eigenvalue weighted by Crippen LogP contribution is 2.24. The van der Waals surface area contributed by atoms with E-state index in [-0.39, 0.29) is 18.1 Å². The average Bonchev–Trinajstić information content (AvgIpc) is 2.92. The van der Waals surface area contributed by atoms with Gasteiger partial charge < -0.3 is 10.1 Å². The van der Waals surface area contributed by atoms with Gasteiger partial charge in [-0.3, -0.25) is 9.36 Å². The molecule has 156 valence electrons. The lowest BCUT2D eigenvalue weighted by Crippen LogP contribution is -2.30. The van der Waals surface area contributed by atoms with Gasteiger partial charge in [0.05, 0.1) is 12.3 Å². The van der Waals surface area contributed by atoms with E-state index in [0.717, 1.165) is 37.9 Å². The summed E-state index contributed by atoms with van der Waals surface area (Å²) in [6.45, 7) is 1.06. The number of carbonyl (C=O) groups excluding carboxylic acids is 1. The molecule has 7 heteroatoms. The zero-order valence-electron chi connectivity index (χ0n) is 16.9. The number of aryl methyl sites for hydroxylation is 1. The zero-order chi connectivity index (χ0) is 20.8. The van der Waals surface area contributed by atoms with Gasteiger partial charge in [-0.15, -0.1) is 0 Å².